The van der Waals surface area contributed by atoms with Crippen molar-refractivity contribution in [3.63, 3.8) is 0 Å². The number of aromatic carboxylic acids is 1. The van der Waals surface area contributed by atoms with Gasteiger partial charge in [-0.3, -0.25) is 19.3 Å². The van der Waals surface area contributed by atoms with Crippen molar-refractivity contribution in [2.45, 2.75) is 117 Å². The van der Waals surface area contributed by atoms with Crippen LogP contribution in [0.1, 0.15) is 111 Å². The zero-order valence-corrected chi connectivity index (χ0v) is 51.5. The highest BCUT2D eigenvalue weighted by Crippen LogP contribution is 2.72. The molecule has 11 N–H and O–H groups in total. The number of nitrogens with zero attached hydrogens (tertiary/aromatic N) is 5. The zero-order valence-electron chi connectivity index (χ0n) is 49.9. The average Bonchev–Trinajstić information content (AvgIpc) is 0.795. The largest absolute Gasteiger partial charge is 0.476 e. The van der Waals surface area contributed by atoms with Gasteiger partial charge in [0.2, 0.25) is 0 Å². The fourth-order valence-corrected chi connectivity index (χ4v) is 16.2. The van der Waals surface area contributed by atoms with Crippen LogP contribution in [0.25, 0.3) is 43.4 Å². The second-order valence-electron chi connectivity index (χ2n) is 25.6. The highest BCUT2D eigenvalue weighted by atomic mass is 32.2. The number of anilines is 2. The van der Waals surface area contributed by atoms with Crippen LogP contribution in [-0.4, -0.2) is 123 Å². The van der Waals surface area contributed by atoms with Gasteiger partial charge < -0.3 is 47.3 Å². The van der Waals surface area contributed by atoms with Crippen LogP contribution >= 0.6 is 11.3 Å². The number of nitrogens with two attached hydrogens (primary N) is 3. The van der Waals surface area contributed by atoms with Gasteiger partial charge in [-0.15, -0.1) is 0 Å². The summed E-state index contributed by atoms with van der Waals surface area (Å²) < 4.78 is 49.5. The van der Waals surface area contributed by atoms with E-state index in [2.05, 4.69) is 34.8 Å². The van der Waals surface area contributed by atoms with E-state index in [9.17, 15) is 37.3 Å². The summed E-state index contributed by atoms with van der Waals surface area (Å²) in [6.07, 6.45) is 7.59. The number of thiazole rings is 1. The summed E-state index contributed by atoms with van der Waals surface area (Å²) in [7, 11) is -4.43. The quantitative estimate of drug-likeness (QED) is 0.0185. The van der Waals surface area contributed by atoms with Crippen LogP contribution in [0, 0.1) is 35.0 Å². The molecule has 4 fully saturated rings. The standard InChI is InChI=1S/C64H79N11O10S2/c1-39(2)53(65)54(66)44(11-9-23-68-58(67)79)29-69-45-19-15-41(16-20-45)31-84-60(80)74(25-27-87(81,82)83)24-26-85-64-35-61(4)32-62(5,36-64)34-63(33-61,37-64)38-75-40(3)49(30-70-75)46-21-22-50(71-55(46)57(77)78)43-18-17-42-10-8-12-47(48(42)28-43)56(76)73-59-72-51-13-6-7-14-52(51)86-59/h6-8,10,12-22,28,30,39,44,53-54,69H,9,11,23-27,29,31-38,65-66H2,1-5H3,(H,77,78)(H3,67,68,79)(H,72,73,76)(H,81,82,83)/t44-,53-,54?,61?,62?,63?,64?/m0/s1. The number of primary amides is 1. The van der Waals surface area contributed by atoms with Gasteiger partial charge in [-0.05, 0) is 151 Å². The lowest BCUT2D eigenvalue weighted by atomic mass is 9.39. The maximum Gasteiger partial charge on any atom is 0.410 e. The van der Waals surface area contributed by atoms with Crippen LogP contribution in [0.3, 0.4) is 0 Å². The lowest BCUT2D eigenvalue weighted by molar-refractivity contribution is -0.248. The molecule has 4 amide bonds. The Morgan fingerprint density at radius 1 is 0.862 bits per heavy atom. The molecule has 3 unspecified atom stereocenters. The number of nitrogens with one attached hydrogen (secondary N) is 3. The van der Waals surface area contributed by atoms with Crippen molar-refractivity contribution >= 4 is 77.3 Å². The number of carboxylic acid groups (broad SMARTS) is 1. The van der Waals surface area contributed by atoms with Crippen LogP contribution in [-0.2, 0) is 32.7 Å². The Morgan fingerprint density at radius 2 is 1.61 bits per heavy atom. The number of ether oxygens (including phenoxy) is 2. The van der Waals surface area contributed by atoms with Crippen LogP contribution in [0.15, 0.2) is 103 Å². The molecular weight excluding hydrogens is 1150 g/mol. The predicted molar refractivity (Wildman–Crippen MR) is 337 cm³/mol. The minimum atomic E-state index is -4.43. The van der Waals surface area contributed by atoms with Gasteiger partial charge in [0, 0.05) is 78.4 Å². The van der Waals surface area contributed by atoms with Gasteiger partial charge in [0.25, 0.3) is 16.0 Å². The number of carbonyl (C=O) groups is 4. The van der Waals surface area contributed by atoms with E-state index in [1.807, 2.05) is 104 Å². The molecule has 4 aliphatic rings. The molecule has 3 aromatic heterocycles. The Kier molecular flexibility index (Phi) is 18.2. The molecule has 4 bridgehead atoms. The molecule has 462 valence electrons. The molecule has 3 heterocycles. The highest BCUT2D eigenvalue weighted by molar-refractivity contribution is 7.85. The number of hydrogen-bond acceptors (Lipinski definition) is 15. The molecular formula is C64H79N11O10S2. The summed E-state index contributed by atoms with van der Waals surface area (Å²) in [5, 5.41) is 26.6. The SMILES string of the molecule is Cc1c(-c2ccc(-c3ccc4cccc(C(=O)Nc5nc6ccccc6s5)c4c3)nc2C(=O)O)cnn1CC12CC3(C)CC(C)(C1)CC(OCCN(CCS(=O)(=O)O)C(=O)OCc1ccc(NC[C@H](CCCNC(N)=O)C(N)[C@@H](N)C(C)C)cc1)(C3)C2. The molecule has 4 saturated carbocycles. The molecule has 4 aliphatic carbocycles. The van der Waals surface area contributed by atoms with E-state index in [0.29, 0.717) is 76.5 Å². The third-order valence-corrected chi connectivity index (χ3v) is 19.6. The van der Waals surface area contributed by atoms with E-state index >= 15 is 0 Å². The van der Waals surface area contributed by atoms with E-state index in [0.717, 1.165) is 65.5 Å². The second kappa shape index (κ2) is 25.3. The Hall–Kier alpha value is -7.54. The van der Waals surface area contributed by atoms with Crippen LogP contribution < -0.4 is 33.2 Å². The number of urea groups is 1. The van der Waals surface area contributed by atoms with Crippen molar-refractivity contribution < 1.29 is 46.7 Å². The Morgan fingerprint density at radius 3 is 2.31 bits per heavy atom. The first-order valence-electron chi connectivity index (χ1n) is 29.7. The summed E-state index contributed by atoms with van der Waals surface area (Å²) >= 11 is 1.39. The number of pyridine rings is 1. The molecule has 87 heavy (non-hydrogen) atoms. The van der Waals surface area contributed by atoms with Gasteiger partial charge >= 0.3 is 18.1 Å². The van der Waals surface area contributed by atoms with Gasteiger partial charge in [0.15, 0.2) is 10.8 Å². The van der Waals surface area contributed by atoms with Crippen molar-refractivity contribution in [2.24, 2.45) is 45.3 Å². The van der Waals surface area contributed by atoms with E-state index < -0.39 is 39.6 Å². The Bertz CT molecular complexity index is 3760. The third-order valence-electron chi connectivity index (χ3n) is 17.9. The smallest absolute Gasteiger partial charge is 0.410 e. The fraction of sp³-hybridized carbons (Fsp3) is 0.453. The summed E-state index contributed by atoms with van der Waals surface area (Å²) in [5.41, 5.74) is 23.0. The van der Waals surface area contributed by atoms with Gasteiger partial charge in [-0.1, -0.05) is 87.6 Å². The summed E-state index contributed by atoms with van der Waals surface area (Å²) in [5.74, 6) is -2.01. The molecule has 0 saturated heterocycles. The molecule has 23 heteroatoms. The Labute approximate surface area is 510 Å². The zero-order chi connectivity index (χ0) is 62.1. The van der Waals surface area contributed by atoms with E-state index in [-0.39, 0.29) is 78.1 Å². The molecule has 0 aliphatic heterocycles. The topological polar surface area (TPSA) is 322 Å². The maximum atomic E-state index is 13.8. The minimum Gasteiger partial charge on any atom is -0.476 e. The maximum absolute atomic E-state index is 13.8. The van der Waals surface area contributed by atoms with Gasteiger partial charge in [0.1, 0.15) is 6.61 Å². The van der Waals surface area contributed by atoms with E-state index in [4.69, 9.17) is 36.8 Å². The second-order valence-corrected chi connectivity index (χ2v) is 28.2. The van der Waals surface area contributed by atoms with E-state index in [1.165, 1.54) is 16.2 Å². The number of para-hydroxylation sites is 1. The van der Waals surface area contributed by atoms with Gasteiger partial charge in [-0.2, -0.15) is 13.5 Å². The summed E-state index contributed by atoms with van der Waals surface area (Å²) in [4.78, 5) is 62.4. The first-order chi connectivity index (χ1) is 41.3. The number of hydrogen-bond donors (Lipinski definition) is 8. The van der Waals surface area contributed by atoms with Gasteiger partial charge in [-0.25, -0.2) is 24.4 Å². The van der Waals surface area contributed by atoms with Crippen molar-refractivity contribution in [2.75, 3.05) is 49.2 Å². The number of benzene rings is 4. The van der Waals surface area contributed by atoms with Crippen molar-refractivity contribution in [3.8, 4) is 22.4 Å². The van der Waals surface area contributed by atoms with E-state index in [1.54, 1.807) is 24.4 Å². The number of rotatable bonds is 26. The third kappa shape index (κ3) is 14.6. The molecule has 11 rings (SSSR count). The molecule has 0 radical (unpaired) electrons. The highest BCUT2D eigenvalue weighted by Gasteiger charge is 2.66. The summed E-state index contributed by atoms with van der Waals surface area (Å²) in [6, 6.07) is 28.6. The molecule has 21 nitrogen and oxygen atoms in total. The lowest BCUT2D eigenvalue weighted by Crippen LogP contribution is -2.64. The van der Waals surface area contributed by atoms with Gasteiger partial charge in [0.05, 0.1) is 40.1 Å². The fourth-order valence-electron chi connectivity index (χ4n) is 14.9. The van der Waals surface area contributed by atoms with Crippen molar-refractivity contribution in [1.29, 1.82) is 0 Å². The average molecular weight is 1230 g/mol. The molecule has 5 atom stereocenters. The lowest BCUT2D eigenvalue weighted by Gasteiger charge is -2.69. The monoisotopic (exact) mass is 1230 g/mol. The van der Waals surface area contributed by atoms with Crippen LogP contribution in [0.2, 0.25) is 0 Å². The first kappa shape index (κ1) is 62.5. The predicted octanol–water partition coefficient (Wildman–Crippen LogP) is 10.1. The van der Waals surface area contributed by atoms with Crippen LogP contribution in [0.5, 0.6) is 0 Å². The number of carboxylic acids is 1. The number of fused-ring (bicyclic) bond motifs is 2. The van der Waals surface area contributed by atoms with Crippen molar-refractivity contribution in [1.82, 2.24) is 30.0 Å². The molecule has 4 aromatic carbocycles. The molecule has 7 aromatic rings. The van der Waals surface area contributed by atoms with Crippen molar-refractivity contribution in [3.05, 3.63) is 126 Å². The number of carbonyl (C=O) groups excluding carboxylic acids is 3. The van der Waals surface area contributed by atoms with Crippen LogP contribution in [0.4, 0.5) is 20.4 Å². The Balaban J connectivity index is 0.796. The number of aromatic nitrogens is 4. The minimum absolute atomic E-state index is 0.000936. The first-order valence-corrected chi connectivity index (χ1v) is 32.1. The number of amides is 4. The molecule has 0 spiro atoms. The summed E-state index contributed by atoms with van der Waals surface area (Å²) in [6.45, 7) is 11.9. The normalized spacial score (nSPS) is 21.6.